The first-order chi connectivity index (χ1) is 11.6. The summed E-state index contributed by atoms with van der Waals surface area (Å²) in [5.41, 5.74) is 0. The van der Waals surface area contributed by atoms with Crippen molar-refractivity contribution < 1.29 is 8.42 Å². The maximum atomic E-state index is 12.3. The standard InChI is InChI=1S/C17H24N4O2S/c22-24(23,17-7-2-1-3-8-17)11-5-10-20-9-4-6-16(12-20)13-21-15-18-14-19-21/h1-3,7-8,14-16H,4-6,9-13H2/t16-/m1/s1. The lowest BCUT2D eigenvalue weighted by Crippen LogP contribution is -2.38. The van der Waals surface area contributed by atoms with E-state index in [1.165, 1.54) is 6.42 Å². The molecule has 1 aliphatic heterocycles. The Morgan fingerprint density at radius 3 is 2.79 bits per heavy atom. The summed E-state index contributed by atoms with van der Waals surface area (Å²) in [5, 5.41) is 4.17. The largest absolute Gasteiger partial charge is 0.303 e. The molecule has 1 aliphatic rings. The first-order valence-electron chi connectivity index (χ1n) is 8.46. The van der Waals surface area contributed by atoms with Crippen molar-refractivity contribution in [2.75, 3.05) is 25.4 Å². The van der Waals surface area contributed by atoms with Crippen LogP contribution < -0.4 is 0 Å². The number of sulfone groups is 1. The van der Waals surface area contributed by atoms with Gasteiger partial charge >= 0.3 is 0 Å². The van der Waals surface area contributed by atoms with E-state index in [-0.39, 0.29) is 5.75 Å². The highest BCUT2D eigenvalue weighted by molar-refractivity contribution is 7.91. The van der Waals surface area contributed by atoms with Gasteiger partial charge in [0.2, 0.25) is 0 Å². The summed E-state index contributed by atoms with van der Waals surface area (Å²) in [6, 6.07) is 8.72. The van der Waals surface area contributed by atoms with Crippen molar-refractivity contribution in [2.45, 2.75) is 30.7 Å². The van der Waals surface area contributed by atoms with Crippen molar-refractivity contribution in [3.05, 3.63) is 43.0 Å². The van der Waals surface area contributed by atoms with E-state index < -0.39 is 9.84 Å². The number of aromatic nitrogens is 3. The van der Waals surface area contributed by atoms with E-state index in [9.17, 15) is 8.42 Å². The lowest BCUT2D eigenvalue weighted by atomic mass is 9.98. The first-order valence-corrected chi connectivity index (χ1v) is 10.1. The minimum absolute atomic E-state index is 0.210. The van der Waals surface area contributed by atoms with Crippen LogP contribution in [0.1, 0.15) is 19.3 Å². The van der Waals surface area contributed by atoms with Gasteiger partial charge in [0.15, 0.2) is 9.84 Å². The molecule has 1 atom stereocenters. The molecule has 3 rings (SSSR count). The number of piperidine rings is 1. The van der Waals surface area contributed by atoms with Crippen molar-refractivity contribution in [3.63, 3.8) is 0 Å². The maximum absolute atomic E-state index is 12.3. The third-order valence-corrected chi connectivity index (χ3v) is 6.32. The third kappa shape index (κ3) is 4.64. The summed E-state index contributed by atoms with van der Waals surface area (Å²) in [6.45, 7) is 3.78. The smallest absolute Gasteiger partial charge is 0.178 e. The number of hydrogen-bond donors (Lipinski definition) is 0. The van der Waals surface area contributed by atoms with Crippen molar-refractivity contribution in [1.82, 2.24) is 19.7 Å². The zero-order valence-electron chi connectivity index (χ0n) is 13.8. The Labute approximate surface area is 143 Å². The van der Waals surface area contributed by atoms with Gasteiger partial charge in [0, 0.05) is 13.1 Å². The van der Waals surface area contributed by atoms with Crippen LogP contribution in [0.25, 0.3) is 0 Å². The first kappa shape index (κ1) is 17.1. The Morgan fingerprint density at radius 1 is 1.21 bits per heavy atom. The summed E-state index contributed by atoms with van der Waals surface area (Å²) in [7, 11) is -3.16. The van der Waals surface area contributed by atoms with E-state index in [0.29, 0.717) is 17.2 Å². The van der Waals surface area contributed by atoms with Crippen molar-refractivity contribution in [2.24, 2.45) is 5.92 Å². The Balaban J connectivity index is 1.46. The van der Waals surface area contributed by atoms with Gasteiger partial charge in [-0.25, -0.2) is 13.4 Å². The molecule has 7 heteroatoms. The molecule has 1 fully saturated rings. The fourth-order valence-corrected chi connectivity index (χ4v) is 4.64. The highest BCUT2D eigenvalue weighted by atomic mass is 32.2. The average Bonchev–Trinajstić information content (AvgIpc) is 3.09. The van der Waals surface area contributed by atoms with Crippen molar-refractivity contribution >= 4 is 9.84 Å². The molecular formula is C17H24N4O2S. The summed E-state index contributed by atoms with van der Waals surface area (Å²) < 4.78 is 26.5. The van der Waals surface area contributed by atoms with Gasteiger partial charge in [0.25, 0.3) is 0 Å². The van der Waals surface area contributed by atoms with Crippen LogP contribution in [-0.4, -0.2) is 53.5 Å². The molecule has 0 spiro atoms. The molecule has 0 aliphatic carbocycles. The van der Waals surface area contributed by atoms with Gasteiger partial charge in [-0.3, -0.25) is 4.68 Å². The summed E-state index contributed by atoms with van der Waals surface area (Å²) in [4.78, 5) is 6.79. The van der Waals surface area contributed by atoms with E-state index in [1.54, 1.807) is 36.9 Å². The van der Waals surface area contributed by atoms with Crippen molar-refractivity contribution in [1.29, 1.82) is 0 Å². The van der Waals surface area contributed by atoms with Crippen LogP contribution in [-0.2, 0) is 16.4 Å². The highest BCUT2D eigenvalue weighted by Gasteiger charge is 2.21. The van der Waals surface area contributed by atoms with E-state index >= 15 is 0 Å². The Kier molecular flexibility index (Phi) is 5.63. The topological polar surface area (TPSA) is 68.1 Å². The third-order valence-electron chi connectivity index (χ3n) is 4.50. The minimum Gasteiger partial charge on any atom is -0.303 e. The van der Waals surface area contributed by atoms with Gasteiger partial charge in [-0.1, -0.05) is 18.2 Å². The SMILES string of the molecule is O=S(=O)(CCCN1CCC[C@@H](Cn2cncn2)C1)c1ccccc1. The summed E-state index contributed by atoms with van der Waals surface area (Å²) >= 11 is 0. The molecule has 130 valence electrons. The molecule has 1 aromatic heterocycles. The number of benzene rings is 1. The van der Waals surface area contributed by atoms with E-state index in [1.807, 2.05) is 10.7 Å². The number of nitrogens with zero attached hydrogens (tertiary/aromatic N) is 4. The zero-order chi connectivity index (χ0) is 16.8. The number of likely N-dealkylation sites (tertiary alicyclic amines) is 1. The molecular weight excluding hydrogens is 324 g/mol. The summed E-state index contributed by atoms with van der Waals surface area (Å²) in [5.74, 6) is 0.771. The number of rotatable bonds is 7. The van der Waals surface area contributed by atoms with Gasteiger partial charge in [-0.2, -0.15) is 5.10 Å². The predicted molar refractivity (Wildman–Crippen MR) is 92.3 cm³/mol. The highest BCUT2D eigenvalue weighted by Crippen LogP contribution is 2.19. The van der Waals surface area contributed by atoms with Crippen LogP contribution in [0, 0.1) is 5.92 Å². The second kappa shape index (κ2) is 7.90. The van der Waals surface area contributed by atoms with Crippen LogP contribution >= 0.6 is 0 Å². The summed E-state index contributed by atoms with van der Waals surface area (Å²) in [6.07, 6.45) is 6.34. The zero-order valence-corrected chi connectivity index (χ0v) is 14.6. The molecule has 24 heavy (non-hydrogen) atoms. The second-order valence-corrected chi connectivity index (χ2v) is 8.52. The predicted octanol–water partition coefficient (Wildman–Crippen LogP) is 1.85. The van der Waals surface area contributed by atoms with Gasteiger partial charge < -0.3 is 4.90 Å². The maximum Gasteiger partial charge on any atom is 0.178 e. The van der Waals surface area contributed by atoms with Crippen LogP contribution in [0.3, 0.4) is 0 Å². The fourth-order valence-electron chi connectivity index (χ4n) is 3.32. The lowest BCUT2D eigenvalue weighted by Gasteiger charge is -2.32. The molecule has 2 aromatic rings. The van der Waals surface area contributed by atoms with E-state index in [0.717, 1.165) is 32.6 Å². The van der Waals surface area contributed by atoms with Crippen LogP contribution in [0.4, 0.5) is 0 Å². The molecule has 2 heterocycles. The monoisotopic (exact) mass is 348 g/mol. The Hall–Kier alpha value is -1.73. The normalized spacial score (nSPS) is 19.4. The van der Waals surface area contributed by atoms with Gasteiger partial charge in [0.1, 0.15) is 12.7 Å². The molecule has 0 radical (unpaired) electrons. The van der Waals surface area contributed by atoms with Gasteiger partial charge in [0.05, 0.1) is 10.6 Å². The van der Waals surface area contributed by atoms with E-state index in [2.05, 4.69) is 15.0 Å². The molecule has 0 saturated carbocycles. The average molecular weight is 348 g/mol. The Bertz CT molecular complexity index is 716. The van der Waals surface area contributed by atoms with Crippen molar-refractivity contribution in [3.8, 4) is 0 Å². The Morgan fingerprint density at radius 2 is 2.04 bits per heavy atom. The molecule has 1 saturated heterocycles. The lowest BCUT2D eigenvalue weighted by molar-refractivity contribution is 0.160. The van der Waals surface area contributed by atoms with Crippen LogP contribution in [0.2, 0.25) is 0 Å². The molecule has 6 nitrogen and oxygen atoms in total. The van der Waals surface area contributed by atoms with Gasteiger partial charge in [-0.15, -0.1) is 0 Å². The van der Waals surface area contributed by atoms with Crippen LogP contribution in [0.15, 0.2) is 47.9 Å². The molecule has 0 unspecified atom stereocenters. The molecule has 1 aromatic carbocycles. The quantitative estimate of drug-likeness (QED) is 0.764. The van der Waals surface area contributed by atoms with Gasteiger partial charge in [-0.05, 0) is 50.4 Å². The molecule has 0 amide bonds. The second-order valence-electron chi connectivity index (χ2n) is 6.41. The van der Waals surface area contributed by atoms with Crippen LogP contribution in [0.5, 0.6) is 0 Å². The van der Waals surface area contributed by atoms with E-state index in [4.69, 9.17) is 0 Å². The number of hydrogen-bond acceptors (Lipinski definition) is 5. The minimum atomic E-state index is -3.16. The fraction of sp³-hybridized carbons (Fsp3) is 0.529. The molecule has 0 N–H and O–H groups in total. The molecule has 0 bridgehead atoms.